The first-order valence-corrected chi connectivity index (χ1v) is 7.64. The van der Waals surface area contributed by atoms with Gasteiger partial charge in [-0.3, -0.25) is 0 Å². The molecule has 0 aliphatic heterocycles. The molecular weight excluding hydrogens is 274 g/mol. The average molecular weight is 295 g/mol. The molecule has 1 N–H and O–H groups in total. The Hall–Kier alpha value is -2.26. The van der Waals surface area contributed by atoms with Gasteiger partial charge in [0.25, 0.3) is 0 Å². The van der Waals surface area contributed by atoms with E-state index in [4.69, 9.17) is 9.84 Å². The highest BCUT2D eigenvalue weighted by Gasteiger charge is 2.03. The summed E-state index contributed by atoms with van der Waals surface area (Å²) in [5, 5.41) is 10.3. The van der Waals surface area contributed by atoms with Crippen LogP contribution in [-0.4, -0.2) is 22.9 Å². The smallest absolute Gasteiger partial charge is 0.121 e. The Balaban J connectivity index is 1.65. The molecule has 3 aromatic rings. The van der Waals surface area contributed by atoms with Crippen molar-refractivity contribution >= 4 is 10.9 Å². The minimum Gasteiger partial charge on any atom is -0.493 e. The van der Waals surface area contributed by atoms with Gasteiger partial charge < -0.3 is 14.4 Å². The lowest BCUT2D eigenvalue weighted by atomic mass is 10.1. The van der Waals surface area contributed by atoms with Crippen LogP contribution < -0.4 is 4.74 Å². The molecule has 3 heteroatoms. The van der Waals surface area contributed by atoms with Gasteiger partial charge in [-0.05, 0) is 36.1 Å². The van der Waals surface area contributed by atoms with Crippen LogP contribution in [0.25, 0.3) is 10.9 Å². The molecule has 3 rings (SSSR count). The van der Waals surface area contributed by atoms with E-state index in [2.05, 4.69) is 43.3 Å². The van der Waals surface area contributed by atoms with Gasteiger partial charge in [-0.1, -0.05) is 29.8 Å². The number of rotatable bonds is 6. The van der Waals surface area contributed by atoms with Crippen LogP contribution in [-0.2, 0) is 13.0 Å². The summed E-state index contributed by atoms with van der Waals surface area (Å²) >= 11 is 0. The van der Waals surface area contributed by atoms with Gasteiger partial charge >= 0.3 is 0 Å². The molecule has 0 amide bonds. The van der Waals surface area contributed by atoms with Crippen molar-refractivity contribution in [2.45, 2.75) is 19.9 Å². The fourth-order valence-corrected chi connectivity index (χ4v) is 2.60. The Morgan fingerprint density at radius 2 is 1.86 bits per heavy atom. The number of aliphatic hydroxyl groups is 1. The van der Waals surface area contributed by atoms with E-state index in [0.717, 1.165) is 17.7 Å². The van der Waals surface area contributed by atoms with Crippen LogP contribution in [0.5, 0.6) is 5.75 Å². The van der Waals surface area contributed by atoms with Crippen LogP contribution in [0.1, 0.15) is 11.1 Å². The monoisotopic (exact) mass is 295 g/mol. The van der Waals surface area contributed by atoms with E-state index >= 15 is 0 Å². The van der Waals surface area contributed by atoms with Crippen molar-refractivity contribution in [3.05, 3.63) is 65.9 Å². The zero-order valence-corrected chi connectivity index (χ0v) is 12.8. The minimum atomic E-state index is 0.141. The van der Waals surface area contributed by atoms with E-state index in [0.29, 0.717) is 13.2 Å². The molecule has 0 spiro atoms. The van der Waals surface area contributed by atoms with Crippen molar-refractivity contribution in [2.75, 3.05) is 13.2 Å². The van der Waals surface area contributed by atoms with E-state index in [-0.39, 0.29) is 6.61 Å². The Kier molecular flexibility index (Phi) is 4.45. The Morgan fingerprint density at radius 3 is 2.64 bits per heavy atom. The second kappa shape index (κ2) is 6.67. The fraction of sp³-hybridized carbons (Fsp3) is 0.263. The molecule has 0 unspecified atom stereocenters. The van der Waals surface area contributed by atoms with Gasteiger partial charge in [0, 0.05) is 25.2 Å². The van der Waals surface area contributed by atoms with E-state index in [1.165, 1.54) is 16.5 Å². The second-order valence-corrected chi connectivity index (χ2v) is 5.54. The largest absolute Gasteiger partial charge is 0.493 e. The lowest BCUT2D eigenvalue weighted by molar-refractivity contribution is 0.278. The number of aromatic nitrogens is 1. The van der Waals surface area contributed by atoms with E-state index in [1.807, 2.05) is 22.9 Å². The first kappa shape index (κ1) is 14.7. The Morgan fingerprint density at radius 1 is 1.05 bits per heavy atom. The van der Waals surface area contributed by atoms with Crippen LogP contribution >= 0.6 is 0 Å². The first-order valence-electron chi connectivity index (χ1n) is 7.64. The summed E-state index contributed by atoms with van der Waals surface area (Å²) in [5.41, 5.74) is 3.66. The molecule has 0 bridgehead atoms. The number of hydrogen-bond donors (Lipinski definition) is 1. The van der Waals surface area contributed by atoms with Crippen LogP contribution in [0.3, 0.4) is 0 Å². The van der Waals surface area contributed by atoms with E-state index in [9.17, 15) is 0 Å². The van der Waals surface area contributed by atoms with Crippen LogP contribution in [0.2, 0.25) is 0 Å². The molecule has 0 aliphatic rings. The van der Waals surface area contributed by atoms with Gasteiger partial charge in [-0.25, -0.2) is 0 Å². The van der Waals surface area contributed by atoms with E-state index < -0.39 is 0 Å². The predicted octanol–water partition coefficient (Wildman–Crippen LogP) is 3.56. The molecule has 0 radical (unpaired) electrons. The number of fused-ring (bicyclic) bond motifs is 1. The molecule has 0 aliphatic carbocycles. The summed E-state index contributed by atoms with van der Waals surface area (Å²) in [5.74, 6) is 0.873. The molecule has 0 atom stereocenters. The van der Waals surface area contributed by atoms with Gasteiger partial charge in [0.2, 0.25) is 0 Å². The number of ether oxygens (including phenoxy) is 1. The normalized spacial score (nSPS) is 11.0. The maximum Gasteiger partial charge on any atom is 0.121 e. The molecule has 22 heavy (non-hydrogen) atoms. The fourth-order valence-electron chi connectivity index (χ4n) is 2.60. The maximum absolute atomic E-state index is 9.10. The summed E-state index contributed by atoms with van der Waals surface area (Å²) in [4.78, 5) is 0. The third-order valence-corrected chi connectivity index (χ3v) is 3.87. The molecule has 0 fully saturated rings. The second-order valence-electron chi connectivity index (χ2n) is 5.54. The predicted molar refractivity (Wildman–Crippen MR) is 89.4 cm³/mol. The molecule has 0 saturated carbocycles. The lowest BCUT2D eigenvalue weighted by Gasteiger charge is -2.08. The van der Waals surface area contributed by atoms with Crippen LogP contribution in [0, 0.1) is 6.92 Å². The summed E-state index contributed by atoms with van der Waals surface area (Å²) in [6.45, 7) is 3.50. The van der Waals surface area contributed by atoms with Crippen LogP contribution in [0.15, 0.2) is 54.7 Å². The third-order valence-electron chi connectivity index (χ3n) is 3.87. The maximum atomic E-state index is 9.10. The highest BCUT2D eigenvalue weighted by Crippen LogP contribution is 2.22. The third kappa shape index (κ3) is 3.31. The summed E-state index contributed by atoms with van der Waals surface area (Å²) in [7, 11) is 0. The standard InChI is InChI=1S/C19H21NO2/c1-15-2-4-16(5-3-15)9-13-22-18-7-6-17-8-10-20(11-12-21)19(17)14-18/h2-8,10,14,21H,9,11-13H2,1H3. The Bertz CT molecular complexity index is 744. The highest BCUT2D eigenvalue weighted by atomic mass is 16.5. The molecule has 114 valence electrons. The molecule has 2 aromatic carbocycles. The summed E-state index contributed by atoms with van der Waals surface area (Å²) < 4.78 is 7.92. The molecule has 3 nitrogen and oxygen atoms in total. The molecule has 1 aromatic heterocycles. The first-order chi connectivity index (χ1) is 10.8. The number of aryl methyl sites for hydroxylation is 1. The van der Waals surface area contributed by atoms with Gasteiger partial charge in [0.05, 0.1) is 18.7 Å². The minimum absolute atomic E-state index is 0.141. The number of benzene rings is 2. The highest BCUT2D eigenvalue weighted by molar-refractivity contribution is 5.81. The quantitative estimate of drug-likeness (QED) is 0.754. The number of aliphatic hydroxyl groups excluding tert-OH is 1. The average Bonchev–Trinajstić information content (AvgIpc) is 2.92. The zero-order chi connectivity index (χ0) is 15.4. The van der Waals surface area contributed by atoms with Gasteiger partial charge in [-0.2, -0.15) is 0 Å². The van der Waals surface area contributed by atoms with Crippen molar-refractivity contribution in [1.82, 2.24) is 4.57 Å². The molecule has 1 heterocycles. The summed E-state index contributed by atoms with van der Waals surface area (Å²) in [6, 6.07) is 16.7. The van der Waals surface area contributed by atoms with Crippen molar-refractivity contribution < 1.29 is 9.84 Å². The lowest BCUT2D eigenvalue weighted by Crippen LogP contribution is -2.02. The topological polar surface area (TPSA) is 34.4 Å². The SMILES string of the molecule is Cc1ccc(CCOc2ccc3ccn(CCO)c3c2)cc1. The zero-order valence-electron chi connectivity index (χ0n) is 12.8. The van der Waals surface area contributed by atoms with Crippen LogP contribution in [0.4, 0.5) is 0 Å². The Labute approximate surface area is 130 Å². The van der Waals surface area contributed by atoms with Crippen molar-refractivity contribution in [3.8, 4) is 5.75 Å². The number of hydrogen-bond acceptors (Lipinski definition) is 2. The van der Waals surface area contributed by atoms with Gasteiger partial charge in [0.1, 0.15) is 5.75 Å². The number of nitrogens with zero attached hydrogens (tertiary/aromatic N) is 1. The van der Waals surface area contributed by atoms with Gasteiger partial charge in [0.15, 0.2) is 0 Å². The molecule has 0 saturated heterocycles. The molecular formula is C19H21NO2. The van der Waals surface area contributed by atoms with Crippen molar-refractivity contribution in [3.63, 3.8) is 0 Å². The van der Waals surface area contributed by atoms with E-state index in [1.54, 1.807) is 0 Å². The van der Waals surface area contributed by atoms with Crippen molar-refractivity contribution in [2.24, 2.45) is 0 Å². The summed E-state index contributed by atoms with van der Waals surface area (Å²) in [6.07, 6.45) is 2.90. The van der Waals surface area contributed by atoms with Crippen molar-refractivity contribution in [1.29, 1.82) is 0 Å². The van der Waals surface area contributed by atoms with Gasteiger partial charge in [-0.15, -0.1) is 0 Å².